The van der Waals surface area contributed by atoms with E-state index in [4.69, 9.17) is 5.11 Å². The van der Waals surface area contributed by atoms with Crippen molar-refractivity contribution in [3.05, 3.63) is 50.8 Å². The van der Waals surface area contributed by atoms with Crippen LogP contribution in [0.15, 0.2) is 35.2 Å². The summed E-state index contributed by atoms with van der Waals surface area (Å²) < 4.78 is 41.5. The molecule has 0 aliphatic heterocycles. The second-order valence-corrected chi connectivity index (χ2v) is 8.87. The van der Waals surface area contributed by atoms with Gasteiger partial charge < -0.3 is 10.4 Å². The van der Waals surface area contributed by atoms with Gasteiger partial charge in [0.25, 0.3) is 0 Å². The molecule has 6 nitrogen and oxygen atoms in total. The van der Waals surface area contributed by atoms with Crippen LogP contribution in [0.2, 0.25) is 0 Å². The van der Waals surface area contributed by atoms with Gasteiger partial charge in [-0.25, -0.2) is 21.9 Å². The zero-order valence-electron chi connectivity index (χ0n) is 13.7. The highest BCUT2D eigenvalue weighted by molar-refractivity contribution is 14.1. The molecule has 0 heterocycles. The lowest BCUT2D eigenvalue weighted by molar-refractivity contribution is 0.0696. The van der Waals surface area contributed by atoms with Crippen LogP contribution in [0.25, 0.3) is 0 Å². The average molecular weight is 478 g/mol. The van der Waals surface area contributed by atoms with Crippen molar-refractivity contribution in [2.75, 3.05) is 19.4 Å². The molecule has 0 aliphatic rings. The Morgan fingerprint density at radius 1 is 1.24 bits per heavy atom. The van der Waals surface area contributed by atoms with Crippen LogP contribution in [0, 0.1) is 16.3 Å². The van der Waals surface area contributed by atoms with Crippen molar-refractivity contribution in [1.29, 1.82) is 0 Å². The fourth-order valence-electron chi connectivity index (χ4n) is 2.13. The Labute approximate surface area is 158 Å². The summed E-state index contributed by atoms with van der Waals surface area (Å²) in [6.45, 7) is 1.80. The normalized spacial score (nSPS) is 11.6. The lowest BCUT2D eigenvalue weighted by atomic mass is 10.1. The summed E-state index contributed by atoms with van der Waals surface area (Å²) in [6, 6.07) is 7.09. The Morgan fingerprint density at radius 2 is 1.88 bits per heavy atom. The number of carboxylic acids is 1. The van der Waals surface area contributed by atoms with Gasteiger partial charge >= 0.3 is 5.97 Å². The molecule has 2 rings (SSSR count). The van der Waals surface area contributed by atoms with Gasteiger partial charge in [-0.05, 0) is 65.4 Å². The molecule has 0 unspecified atom stereocenters. The standard InChI is InChI=1S/C16H16FIN2O4S/c1-9-6-11(18)4-5-13(9)19-15-12(17)7-10(16(21)22)8-14(15)25(23,24)20(2)3/h4-8,19H,1-3H3,(H,21,22). The molecule has 9 heteroatoms. The van der Waals surface area contributed by atoms with Crippen LogP contribution in [-0.2, 0) is 10.0 Å². The summed E-state index contributed by atoms with van der Waals surface area (Å²) in [5.74, 6) is -2.37. The topological polar surface area (TPSA) is 86.7 Å². The van der Waals surface area contributed by atoms with Gasteiger partial charge in [-0.2, -0.15) is 0 Å². The van der Waals surface area contributed by atoms with Crippen molar-refractivity contribution >= 4 is 50.0 Å². The van der Waals surface area contributed by atoms with E-state index in [1.807, 2.05) is 6.07 Å². The zero-order chi connectivity index (χ0) is 18.9. The van der Waals surface area contributed by atoms with Gasteiger partial charge in [-0.1, -0.05) is 0 Å². The first kappa shape index (κ1) is 19.6. The Hall–Kier alpha value is -1.72. The molecule has 0 atom stereocenters. The first-order valence-corrected chi connectivity index (χ1v) is 9.58. The minimum atomic E-state index is -4.06. The van der Waals surface area contributed by atoms with Crippen molar-refractivity contribution < 1.29 is 22.7 Å². The van der Waals surface area contributed by atoms with Gasteiger partial charge in [0.1, 0.15) is 10.7 Å². The van der Waals surface area contributed by atoms with Crippen LogP contribution in [0.4, 0.5) is 15.8 Å². The summed E-state index contributed by atoms with van der Waals surface area (Å²) in [4.78, 5) is 10.7. The SMILES string of the molecule is Cc1cc(I)ccc1Nc1c(F)cc(C(=O)O)cc1S(=O)(=O)N(C)C. The maximum Gasteiger partial charge on any atom is 0.335 e. The number of rotatable bonds is 5. The van der Waals surface area contributed by atoms with E-state index in [0.717, 1.165) is 25.6 Å². The molecule has 0 saturated carbocycles. The number of anilines is 2. The Bertz CT molecular complexity index is 945. The van der Waals surface area contributed by atoms with Gasteiger partial charge in [0.05, 0.1) is 11.3 Å². The zero-order valence-corrected chi connectivity index (χ0v) is 16.6. The number of nitrogens with one attached hydrogen (secondary N) is 1. The van der Waals surface area contributed by atoms with E-state index in [1.165, 1.54) is 14.1 Å². The second kappa shape index (κ2) is 7.26. The number of aromatic carboxylic acids is 1. The Kier molecular flexibility index (Phi) is 5.69. The highest BCUT2D eigenvalue weighted by Crippen LogP contribution is 2.32. The summed E-state index contributed by atoms with van der Waals surface area (Å²) >= 11 is 2.13. The van der Waals surface area contributed by atoms with E-state index in [0.29, 0.717) is 5.69 Å². The Morgan fingerprint density at radius 3 is 2.40 bits per heavy atom. The third-order valence-corrected chi connectivity index (χ3v) is 6.02. The molecule has 0 fully saturated rings. The van der Waals surface area contributed by atoms with Crippen LogP contribution < -0.4 is 5.32 Å². The molecule has 2 N–H and O–H groups in total. The smallest absolute Gasteiger partial charge is 0.335 e. The molecule has 0 radical (unpaired) electrons. The second-order valence-electron chi connectivity index (χ2n) is 5.51. The Balaban J connectivity index is 2.69. The molecular weight excluding hydrogens is 462 g/mol. The highest BCUT2D eigenvalue weighted by atomic mass is 127. The number of hydrogen-bond acceptors (Lipinski definition) is 4. The largest absolute Gasteiger partial charge is 0.478 e. The molecule has 2 aromatic rings. The van der Waals surface area contributed by atoms with Gasteiger partial charge in [0.2, 0.25) is 10.0 Å². The number of carboxylic acid groups (broad SMARTS) is 1. The molecule has 2 aromatic carbocycles. The van der Waals surface area contributed by atoms with Crippen LogP contribution in [-0.4, -0.2) is 37.9 Å². The predicted octanol–water partition coefficient (Wildman–Crippen LogP) is 3.43. The van der Waals surface area contributed by atoms with Crippen molar-refractivity contribution in [2.24, 2.45) is 0 Å². The highest BCUT2D eigenvalue weighted by Gasteiger charge is 2.26. The fraction of sp³-hybridized carbons (Fsp3) is 0.188. The van der Waals surface area contributed by atoms with Crippen LogP contribution in [0.3, 0.4) is 0 Å². The summed E-state index contributed by atoms with van der Waals surface area (Å²) in [5.41, 5.74) is 0.588. The third-order valence-electron chi connectivity index (χ3n) is 3.51. The minimum absolute atomic E-state index is 0.289. The molecule has 0 spiro atoms. The van der Waals surface area contributed by atoms with Gasteiger partial charge in [0, 0.05) is 23.4 Å². The number of aryl methyl sites for hydroxylation is 1. The summed E-state index contributed by atoms with van der Waals surface area (Å²) in [6.07, 6.45) is 0. The number of sulfonamides is 1. The summed E-state index contributed by atoms with van der Waals surface area (Å²) in [5, 5.41) is 11.9. The van der Waals surface area contributed by atoms with Gasteiger partial charge in [0.15, 0.2) is 0 Å². The number of hydrogen-bond donors (Lipinski definition) is 2. The van der Waals surface area contributed by atoms with Crippen LogP contribution in [0.1, 0.15) is 15.9 Å². The van der Waals surface area contributed by atoms with Crippen LogP contribution in [0.5, 0.6) is 0 Å². The number of benzene rings is 2. The molecule has 0 aliphatic carbocycles. The lowest BCUT2D eigenvalue weighted by Gasteiger charge is -2.18. The number of nitrogens with zero attached hydrogens (tertiary/aromatic N) is 1. The molecule has 0 saturated heterocycles. The monoisotopic (exact) mass is 478 g/mol. The molecule has 25 heavy (non-hydrogen) atoms. The maximum absolute atomic E-state index is 14.6. The van der Waals surface area contributed by atoms with E-state index in [2.05, 4.69) is 27.9 Å². The maximum atomic E-state index is 14.6. The van der Waals surface area contributed by atoms with E-state index in [-0.39, 0.29) is 5.69 Å². The third kappa shape index (κ3) is 4.10. The molecule has 0 aromatic heterocycles. The van der Waals surface area contributed by atoms with E-state index < -0.39 is 32.3 Å². The van der Waals surface area contributed by atoms with Crippen LogP contribution >= 0.6 is 22.6 Å². The first-order chi connectivity index (χ1) is 11.5. The van der Waals surface area contributed by atoms with Gasteiger partial charge in [-0.3, -0.25) is 0 Å². The summed E-state index contributed by atoms with van der Waals surface area (Å²) in [7, 11) is -1.48. The van der Waals surface area contributed by atoms with E-state index in [1.54, 1.807) is 19.1 Å². The quantitative estimate of drug-likeness (QED) is 0.644. The molecule has 0 bridgehead atoms. The molecular formula is C16H16FIN2O4S. The minimum Gasteiger partial charge on any atom is -0.478 e. The van der Waals surface area contributed by atoms with Crippen molar-refractivity contribution in [1.82, 2.24) is 4.31 Å². The average Bonchev–Trinajstić information content (AvgIpc) is 2.50. The van der Waals surface area contributed by atoms with E-state index in [9.17, 15) is 17.6 Å². The number of carbonyl (C=O) groups is 1. The van der Waals surface area contributed by atoms with E-state index >= 15 is 0 Å². The van der Waals surface area contributed by atoms with Crippen molar-refractivity contribution in [3.63, 3.8) is 0 Å². The van der Waals surface area contributed by atoms with Crippen molar-refractivity contribution in [3.8, 4) is 0 Å². The predicted molar refractivity (Wildman–Crippen MR) is 101 cm³/mol. The fourth-order valence-corrected chi connectivity index (χ4v) is 3.85. The lowest BCUT2D eigenvalue weighted by Crippen LogP contribution is -2.24. The molecule has 134 valence electrons. The first-order valence-electron chi connectivity index (χ1n) is 7.06. The molecule has 0 amide bonds. The van der Waals surface area contributed by atoms with Gasteiger partial charge in [-0.15, -0.1) is 0 Å². The number of halogens is 2. The van der Waals surface area contributed by atoms with Crippen molar-refractivity contribution in [2.45, 2.75) is 11.8 Å².